The van der Waals surface area contributed by atoms with Crippen LogP contribution in [0.2, 0.25) is 0 Å². The molecular weight excluding hydrogens is 324 g/mol. The molecule has 0 bridgehead atoms. The number of ether oxygens (including phenoxy) is 1. The second-order valence-electron chi connectivity index (χ2n) is 6.85. The monoisotopic (exact) mass is 350 g/mol. The Bertz CT molecular complexity index is 610. The van der Waals surface area contributed by atoms with E-state index >= 15 is 0 Å². The maximum Gasteiger partial charge on any atom is 0.408 e. The van der Waals surface area contributed by atoms with Crippen molar-refractivity contribution in [3.8, 4) is 0 Å². The Kier molecular flexibility index (Phi) is 6.97. The Morgan fingerprint density at radius 3 is 2.24 bits per heavy atom. The second-order valence-corrected chi connectivity index (χ2v) is 6.85. The number of benzene rings is 1. The molecule has 138 valence electrons. The molecule has 7 nitrogen and oxygen atoms in total. The van der Waals surface area contributed by atoms with Crippen LogP contribution >= 0.6 is 0 Å². The highest BCUT2D eigenvalue weighted by Crippen LogP contribution is 2.11. The van der Waals surface area contributed by atoms with Gasteiger partial charge in [0.25, 0.3) is 0 Å². The number of carbonyl (C=O) groups excluding carboxylic acids is 2. The third-order valence-corrected chi connectivity index (χ3v) is 3.56. The van der Waals surface area contributed by atoms with E-state index in [-0.39, 0.29) is 6.42 Å². The lowest BCUT2D eigenvalue weighted by Crippen LogP contribution is -2.53. The normalized spacial score (nSPS) is 13.5. The summed E-state index contributed by atoms with van der Waals surface area (Å²) in [4.78, 5) is 37.0. The van der Waals surface area contributed by atoms with E-state index in [1.807, 2.05) is 30.3 Å². The van der Waals surface area contributed by atoms with Gasteiger partial charge in [0, 0.05) is 13.5 Å². The highest BCUT2D eigenvalue weighted by atomic mass is 16.6. The Morgan fingerprint density at radius 1 is 1.20 bits per heavy atom. The third-order valence-electron chi connectivity index (χ3n) is 3.56. The summed E-state index contributed by atoms with van der Waals surface area (Å²) in [7, 11) is 1.40. The summed E-state index contributed by atoms with van der Waals surface area (Å²) in [6, 6.07) is 7.23. The van der Waals surface area contributed by atoms with Gasteiger partial charge in [0.15, 0.2) is 0 Å². The summed E-state index contributed by atoms with van der Waals surface area (Å²) in [5.41, 5.74) is 0.137. The largest absolute Gasteiger partial charge is 0.480 e. The Morgan fingerprint density at radius 2 is 1.76 bits per heavy atom. The maximum atomic E-state index is 12.7. The molecule has 0 aliphatic carbocycles. The number of aliphatic carboxylic acids is 1. The van der Waals surface area contributed by atoms with Gasteiger partial charge in [-0.25, -0.2) is 9.59 Å². The molecule has 0 saturated heterocycles. The molecule has 0 saturated carbocycles. The number of likely N-dealkylation sites (N-methyl/N-ethyl adjacent to an activating group) is 1. The zero-order valence-electron chi connectivity index (χ0n) is 15.3. The first-order valence-corrected chi connectivity index (χ1v) is 8.04. The molecule has 0 fully saturated rings. The molecule has 0 unspecified atom stereocenters. The first-order valence-electron chi connectivity index (χ1n) is 8.04. The summed E-state index contributed by atoms with van der Waals surface area (Å²) in [6.07, 6.45) is -0.492. The lowest BCUT2D eigenvalue weighted by atomic mass is 10.0. The molecule has 1 rings (SSSR count). The summed E-state index contributed by atoms with van der Waals surface area (Å²) >= 11 is 0. The van der Waals surface area contributed by atoms with Crippen molar-refractivity contribution in [1.82, 2.24) is 10.2 Å². The molecule has 0 aromatic heterocycles. The van der Waals surface area contributed by atoms with Crippen molar-refractivity contribution in [1.29, 1.82) is 0 Å². The average Bonchev–Trinajstić information content (AvgIpc) is 2.51. The number of carboxylic acid groups (broad SMARTS) is 1. The maximum absolute atomic E-state index is 12.7. The first-order chi connectivity index (χ1) is 11.5. The van der Waals surface area contributed by atoms with Crippen molar-refractivity contribution in [3.63, 3.8) is 0 Å². The average molecular weight is 350 g/mol. The zero-order valence-corrected chi connectivity index (χ0v) is 15.3. The molecule has 1 aromatic carbocycles. The molecule has 0 aliphatic heterocycles. The van der Waals surface area contributed by atoms with Crippen LogP contribution in [0.25, 0.3) is 0 Å². The number of alkyl carbamates (subject to hydrolysis) is 1. The molecule has 0 aliphatic rings. The van der Waals surface area contributed by atoms with Crippen LogP contribution in [0, 0.1) is 0 Å². The molecule has 2 N–H and O–H groups in total. The molecule has 1 aromatic rings. The van der Waals surface area contributed by atoms with Gasteiger partial charge < -0.3 is 20.1 Å². The van der Waals surface area contributed by atoms with Crippen LogP contribution in [-0.2, 0) is 20.7 Å². The van der Waals surface area contributed by atoms with Gasteiger partial charge >= 0.3 is 12.1 Å². The summed E-state index contributed by atoms with van der Waals surface area (Å²) < 4.78 is 5.21. The van der Waals surface area contributed by atoms with Crippen LogP contribution in [0.3, 0.4) is 0 Å². The summed E-state index contributed by atoms with van der Waals surface area (Å²) in [5, 5.41) is 11.7. The zero-order chi connectivity index (χ0) is 19.2. The van der Waals surface area contributed by atoms with Crippen LogP contribution in [-0.4, -0.2) is 52.7 Å². The van der Waals surface area contributed by atoms with Gasteiger partial charge in [-0.05, 0) is 33.3 Å². The SMILES string of the molecule is C[C@@H](C(=O)O)N(C)C(=O)[C@@H](Cc1ccccc1)NC(=O)OC(C)(C)C. The summed E-state index contributed by atoms with van der Waals surface area (Å²) in [6.45, 7) is 6.57. The van der Waals surface area contributed by atoms with Crippen LogP contribution < -0.4 is 5.32 Å². The van der Waals surface area contributed by atoms with E-state index in [0.29, 0.717) is 0 Å². The van der Waals surface area contributed by atoms with Crippen molar-refractivity contribution < 1.29 is 24.2 Å². The number of rotatable bonds is 6. The van der Waals surface area contributed by atoms with Crippen LogP contribution in [0.5, 0.6) is 0 Å². The Balaban J connectivity index is 2.96. The lowest BCUT2D eigenvalue weighted by molar-refractivity contribution is -0.149. The number of nitrogens with one attached hydrogen (secondary N) is 1. The molecule has 25 heavy (non-hydrogen) atoms. The predicted octanol–water partition coefficient (Wildman–Crippen LogP) is 2.05. The molecule has 0 radical (unpaired) electrons. The van der Waals surface area contributed by atoms with Crippen molar-refractivity contribution in [2.45, 2.75) is 51.8 Å². The number of amides is 2. The number of hydrogen-bond donors (Lipinski definition) is 2. The quantitative estimate of drug-likeness (QED) is 0.819. The summed E-state index contributed by atoms with van der Waals surface area (Å²) in [5.74, 6) is -1.61. The van der Waals surface area contributed by atoms with E-state index in [0.717, 1.165) is 10.5 Å². The van der Waals surface area contributed by atoms with Gasteiger partial charge in [0.1, 0.15) is 17.7 Å². The lowest BCUT2D eigenvalue weighted by Gasteiger charge is -2.28. The van der Waals surface area contributed by atoms with Crippen LogP contribution in [0.4, 0.5) is 4.79 Å². The third kappa shape index (κ3) is 6.82. The van der Waals surface area contributed by atoms with E-state index in [9.17, 15) is 14.4 Å². The molecular formula is C18H26N2O5. The van der Waals surface area contributed by atoms with Crippen molar-refractivity contribution in [2.75, 3.05) is 7.05 Å². The van der Waals surface area contributed by atoms with E-state index in [2.05, 4.69) is 5.32 Å². The fourth-order valence-electron chi connectivity index (χ4n) is 2.10. The van der Waals surface area contributed by atoms with Gasteiger partial charge in [0.05, 0.1) is 0 Å². The van der Waals surface area contributed by atoms with E-state index in [4.69, 9.17) is 9.84 Å². The fraction of sp³-hybridized carbons (Fsp3) is 0.500. The standard InChI is InChI=1S/C18H26N2O5/c1-12(16(22)23)20(5)15(21)14(11-13-9-7-6-8-10-13)19-17(24)25-18(2,3)4/h6-10,12,14H,11H2,1-5H3,(H,19,24)(H,22,23)/t12-,14+/m0/s1. The number of nitrogens with zero attached hydrogens (tertiary/aromatic N) is 1. The molecule has 0 spiro atoms. The van der Waals surface area contributed by atoms with E-state index < -0.39 is 35.7 Å². The highest BCUT2D eigenvalue weighted by molar-refractivity contribution is 5.89. The highest BCUT2D eigenvalue weighted by Gasteiger charge is 2.30. The Labute approximate surface area is 148 Å². The minimum atomic E-state index is -1.12. The van der Waals surface area contributed by atoms with Crippen molar-refractivity contribution in [3.05, 3.63) is 35.9 Å². The van der Waals surface area contributed by atoms with Crippen LogP contribution in [0.15, 0.2) is 30.3 Å². The minimum Gasteiger partial charge on any atom is -0.480 e. The van der Waals surface area contributed by atoms with Gasteiger partial charge in [-0.1, -0.05) is 30.3 Å². The van der Waals surface area contributed by atoms with Gasteiger partial charge in [-0.2, -0.15) is 0 Å². The fourth-order valence-corrected chi connectivity index (χ4v) is 2.10. The van der Waals surface area contributed by atoms with E-state index in [1.165, 1.54) is 14.0 Å². The number of carbonyl (C=O) groups is 3. The topological polar surface area (TPSA) is 95.9 Å². The molecule has 2 amide bonds. The second kappa shape index (κ2) is 8.50. The Hall–Kier alpha value is -2.57. The molecule has 2 atom stereocenters. The predicted molar refractivity (Wildman–Crippen MR) is 93.2 cm³/mol. The van der Waals surface area contributed by atoms with Gasteiger partial charge in [0.2, 0.25) is 5.91 Å². The smallest absolute Gasteiger partial charge is 0.408 e. The van der Waals surface area contributed by atoms with Crippen LogP contribution in [0.1, 0.15) is 33.3 Å². The minimum absolute atomic E-state index is 0.232. The van der Waals surface area contributed by atoms with Crippen molar-refractivity contribution >= 4 is 18.0 Å². The van der Waals surface area contributed by atoms with Gasteiger partial charge in [-0.15, -0.1) is 0 Å². The van der Waals surface area contributed by atoms with Gasteiger partial charge in [-0.3, -0.25) is 4.79 Å². The van der Waals surface area contributed by atoms with Crippen molar-refractivity contribution in [2.24, 2.45) is 0 Å². The molecule has 7 heteroatoms. The number of hydrogen-bond acceptors (Lipinski definition) is 4. The molecule has 0 heterocycles. The first kappa shape index (κ1) is 20.5. The number of carboxylic acids is 1. The van der Waals surface area contributed by atoms with E-state index in [1.54, 1.807) is 20.8 Å².